The Kier molecular flexibility index (Phi) is 3.86. The minimum atomic E-state index is 0.610. The molecule has 4 N–H and O–H groups in total. The second kappa shape index (κ2) is 6.12. The van der Waals surface area contributed by atoms with Crippen LogP contribution in [-0.2, 0) is 0 Å². The van der Waals surface area contributed by atoms with E-state index < -0.39 is 0 Å². The average Bonchev–Trinajstić information content (AvgIpc) is 2.59. The summed E-state index contributed by atoms with van der Waals surface area (Å²) in [5.74, 6) is 0. The highest BCUT2D eigenvalue weighted by atomic mass is 15.1. The zero-order valence-corrected chi connectivity index (χ0v) is 12.5. The predicted octanol–water partition coefficient (Wildman–Crippen LogP) is 4.19. The van der Waals surface area contributed by atoms with Gasteiger partial charge in [-0.3, -0.25) is 0 Å². The van der Waals surface area contributed by atoms with Crippen molar-refractivity contribution in [3.63, 3.8) is 0 Å². The first-order valence-corrected chi connectivity index (χ1v) is 7.19. The van der Waals surface area contributed by atoms with Gasteiger partial charge in [0.25, 0.3) is 0 Å². The molecule has 0 radical (unpaired) electrons. The maximum Gasteiger partial charge on any atom is 0.0992 e. The molecular formula is C19H16N4. The Morgan fingerprint density at radius 3 is 1.70 bits per heavy atom. The van der Waals surface area contributed by atoms with Crippen LogP contribution >= 0.6 is 0 Å². The number of hydrogen-bond donors (Lipinski definition) is 2. The van der Waals surface area contributed by atoms with Gasteiger partial charge in [0, 0.05) is 28.4 Å². The Bertz CT molecular complexity index is 800. The first kappa shape index (κ1) is 14.5. The van der Waals surface area contributed by atoms with E-state index >= 15 is 0 Å². The van der Waals surface area contributed by atoms with Gasteiger partial charge >= 0.3 is 0 Å². The maximum absolute atomic E-state index is 9.16. The monoisotopic (exact) mass is 300 g/mol. The minimum absolute atomic E-state index is 0.610. The van der Waals surface area contributed by atoms with E-state index in [1.165, 1.54) is 0 Å². The number of nitrogens with zero attached hydrogens (tertiary/aromatic N) is 2. The van der Waals surface area contributed by atoms with Gasteiger partial charge in [0.1, 0.15) is 0 Å². The highest BCUT2D eigenvalue weighted by molar-refractivity contribution is 5.78. The highest BCUT2D eigenvalue weighted by Crippen LogP contribution is 2.35. The molecule has 0 aliphatic carbocycles. The summed E-state index contributed by atoms with van der Waals surface area (Å²) in [5.41, 5.74) is 16.4. The van der Waals surface area contributed by atoms with Crippen molar-refractivity contribution >= 4 is 28.4 Å². The number of hydrogen-bond acceptors (Lipinski definition) is 4. The Morgan fingerprint density at radius 2 is 1.22 bits per heavy atom. The Labute approximate surface area is 135 Å². The van der Waals surface area contributed by atoms with Crippen LogP contribution in [0.5, 0.6) is 0 Å². The maximum atomic E-state index is 9.16. The smallest absolute Gasteiger partial charge is 0.0992 e. The van der Waals surface area contributed by atoms with Crippen molar-refractivity contribution in [2.45, 2.75) is 0 Å². The van der Waals surface area contributed by atoms with Crippen LogP contribution in [0.25, 0.3) is 0 Å². The van der Waals surface area contributed by atoms with Gasteiger partial charge in [-0.15, -0.1) is 0 Å². The van der Waals surface area contributed by atoms with Crippen LogP contribution < -0.4 is 16.4 Å². The third-order valence-electron chi connectivity index (χ3n) is 3.54. The zero-order chi connectivity index (χ0) is 16.2. The number of nitrogen functional groups attached to an aromatic ring is 2. The van der Waals surface area contributed by atoms with Crippen LogP contribution in [0.15, 0.2) is 72.8 Å². The summed E-state index contributed by atoms with van der Waals surface area (Å²) < 4.78 is 0. The SMILES string of the molecule is N#Cc1cccc(N(c2ccc(N)cc2)c2ccc(N)cc2)c1. The lowest BCUT2D eigenvalue weighted by Crippen LogP contribution is -2.10. The Balaban J connectivity index is 2.14. The molecule has 3 rings (SSSR count). The van der Waals surface area contributed by atoms with Gasteiger partial charge in [0.05, 0.1) is 11.6 Å². The zero-order valence-electron chi connectivity index (χ0n) is 12.5. The van der Waals surface area contributed by atoms with Crippen molar-refractivity contribution in [2.24, 2.45) is 0 Å². The average molecular weight is 300 g/mol. The fourth-order valence-electron chi connectivity index (χ4n) is 2.41. The van der Waals surface area contributed by atoms with Crippen LogP contribution in [-0.4, -0.2) is 0 Å². The molecule has 0 aliphatic heterocycles. The van der Waals surface area contributed by atoms with E-state index in [1.54, 1.807) is 6.07 Å². The van der Waals surface area contributed by atoms with Gasteiger partial charge in [-0.1, -0.05) is 6.07 Å². The fourth-order valence-corrected chi connectivity index (χ4v) is 2.41. The molecule has 23 heavy (non-hydrogen) atoms. The quantitative estimate of drug-likeness (QED) is 0.711. The van der Waals surface area contributed by atoms with Gasteiger partial charge in [0.15, 0.2) is 0 Å². The minimum Gasteiger partial charge on any atom is -0.399 e. The van der Waals surface area contributed by atoms with Crippen molar-refractivity contribution in [1.82, 2.24) is 0 Å². The number of rotatable bonds is 3. The Hall–Kier alpha value is -3.45. The molecule has 0 spiro atoms. The highest BCUT2D eigenvalue weighted by Gasteiger charge is 2.12. The second-order valence-electron chi connectivity index (χ2n) is 5.18. The number of anilines is 5. The predicted molar refractivity (Wildman–Crippen MR) is 94.7 cm³/mol. The van der Waals surface area contributed by atoms with Crippen molar-refractivity contribution in [2.75, 3.05) is 16.4 Å². The van der Waals surface area contributed by atoms with E-state index in [1.807, 2.05) is 66.7 Å². The summed E-state index contributed by atoms with van der Waals surface area (Å²) >= 11 is 0. The molecule has 112 valence electrons. The van der Waals surface area contributed by atoms with E-state index in [4.69, 9.17) is 16.7 Å². The van der Waals surface area contributed by atoms with Crippen LogP contribution in [0.4, 0.5) is 28.4 Å². The standard InChI is InChI=1S/C19H16N4/c20-13-14-2-1-3-19(12-14)23(17-8-4-15(21)5-9-17)18-10-6-16(22)7-11-18/h1-12H,21-22H2. The van der Waals surface area contributed by atoms with E-state index in [-0.39, 0.29) is 0 Å². The fraction of sp³-hybridized carbons (Fsp3) is 0. The molecule has 0 bridgehead atoms. The normalized spacial score (nSPS) is 10.0. The summed E-state index contributed by atoms with van der Waals surface area (Å²) in [5, 5.41) is 9.16. The molecule has 3 aromatic rings. The van der Waals surface area contributed by atoms with Gasteiger partial charge in [-0.25, -0.2) is 0 Å². The third-order valence-corrected chi connectivity index (χ3v) is 3.54. The van der Waals surface area contributed by atoms with Crippen molar-refractivity contribution in [1.29, 1.82) is 5.26 Å². The number of benzene rings is 3. The molecule has 4 nitrogen and oxygen atoms in total. The van der Waals surface area contributed by atoms with Gasteiger partial charge in [-0.2, -0.15) is 5.26 Å². The lowest BCUT2D eigenvalue weighted by Gasteiger charge is -2.25. The molecule has 4 heteroatoms. The van der Waals surface area contributed by atoms with Gasteiger partial charge in [0.2, 0.25) is 0 Å². The van der Waals surface area contributed by atoms with Gasteiger partial charge < -0.3 is 16.4 Å². The lowest BCUT2D eigenvalue weighted by molar-refractivity contribution is 1.28. The summed E-state index contributed by atoms with van der Waals surface area (Å²) in [6.45, 7) is 0. The van der Waals surface area contributed by atoms with Crippen LogP contribution in [0.2, 0.25) is 0 Å². The van der Waals surface area contributed by atoms with Crippen molar-refractivity contribution in [3.8, 4) is 6.07 Å². The molecule has 0 heterocycles. The summed E-state index contributed by atoms with van der Waals surface area (Å²) in [4.78, 5) is 2.06. The summed E-state index contributed by atoms with van der Waals surface area (Å²) in [6.07, 6.45) is 0. The number of nitrogens with two attached hydrogens (primary N) is 2. The first-order valence-electron chi connectivity index (χ1n) is 7.19. The van der Waals surface area contributed by atoms with E-state index in [9.17, 15) is 0 Å². The lowest BCUT2D eigenvalue weighted by atomic mass is 10.1. The summed E-state index contributed by atoms with van der Waals surface area (Å²) in [7, 11) is 0. The molecular weight excluding hydrogens is 284 g/mol. The molecule has 0 saturated carbocycles. The number of nitriles is 1. The molecule has 0 aliphatic rings. The molecule has 0 unspecified atom stereocenters. The van der Waals surface area contributed by atoms with E-state index in [2.05, 4.69) is 11.0 Å². The summed E-state index contributed by atoms with van der Waals surface area (Å²) in [6, 6.07) is 24.9. The molecule has 0 aromatic heterocycles. The molecule has 0 fully saturated rings. The topological polar surface area (TPSA) is 79.1 Å². The Morgan fingerprint density at radius 1 is 0.696 bits per heavy atom. The molecule has 3 aromatic carbocycles. The molecule has 0 saturated heterocycles. The van der Waals surface area contributed by atoms with Crippen LogP contribution in [0.1, 0.15) is 5.56 Å². The van der Waals surface area contributed by atoms with E-state index in [0.29, 0.717) is 16.9 Å². The van der Waals surface area contributed by atoms with E-state index in [0.717, 1.165) is 17.1 Å². The molecule has 0 atom stereocenters. The first-order chi connectivity index (χ1) is 11.2. The van der Waals surface area contributed by atoms with Crippen LogP contribution in [0.3, 0.4) is 0 Å². The van der Waals surface area contributed by atoms with Gasteiger partial charge in [-0.05, 0) is 66.7 Å². The van der Waals surface area contributed by atoms with Crippen molar-refractivity contribution < 1.29 is 0 Å². The largest absolute Gasteiger partial charge is 0.399 e. The third kappa shape index (κ3) is 3.09. The van der Waals surface area contributed by atoms with Crippen molar-refractivity contribution in [3.05, 3.63) is 78.4 Å². The van der Waals surface area contributed by atoms with Crippen LogP contribution in [0, 0.1) is 11.3 Å². The molecule has 0 amide bonds. The second-order valence-corrected chi connectivity index (χ2v) is 5.18.